The van der Waals surface area contributed by atoms with Gasteiger partial charge in [0.05, 0.1) is 12.1 Å². The van der Waals surface area contributed by atoms with Crippen LogP contribution in [0.1, 0.15) is 27.2 Å². The van der Waals surface area contributed by atoms with Crippen LogP contribution in [0.3, 0.4) is 0 Å². The summed E-state index contributed by atoms with van der Waals surface area (Å²) in [5.74, 6) is 0.536. The molecule has 1 rings (SSSR count). The van der Waals surface area contributed by atoms with E-state index in [0.29, 0.717) is 5.92 Å². The van der Waals surface area contributed by atoms with Gasteiger partial charge in [-0.15, -0.1) is 12.4 Å². The predicted molar refractivity (Wildman–Crippen MR) is 54.0 cm³/mol. The number of halogens is 1. The van der Waals surface area contributed by atoms with Crippen molar-refractivity contribution in [1.82, 2.24) is 0 Å². The van der Waals surface area contributed by atoms with Crippen molar-refractivity contribution < 1.29 is 9.53 Å². The largest absolute Gasteiger partial charge is 0.362 e. The van der Waals surface area contributed by atoms with E-state index in [1.165, 1.54) is 0 Å². The third-order valence-electron chi connectivity index (χ3n) is 2.08. The minimum atomic E-state index is -0.333. The van der Waals surface area contributed by atoms with E-state index >= 15 is 0 Å². The van der Waals surface area contributed by atoms with Crippen LogP contribution in [0.5, 0.6) is 0 Å². The first-order valence-corrected chi connectivity index (χ1v) is 4.47. The van der Waals surface area contributed by atoms with E-state index in [0.717, 1.165) is 6.42 Å². The lowest BCUT2D eigenvalue weighted by Gasteiger charge is -2.10. The molecule has 1 aliphatic rings. The highest BCUT2D eigenvalue weighted by atomic mass is 35.5. The lowest BCUT2D eigenvalue weighted by atomic mass is 9.99. The van der Waals surface area contributed by atoms with E-state index in [1.807, 2.05) is 6.92 Å². The molecule has 0 radical (unpaired) electrons. The second-order valence-corrected chi connectivity index (χ2v) is 3.90. The third kappa shape index (κ3) is 3.63. The molecule has 2 unspecified atom stereocenters. The van der Waals surface area contributed by atoms with Crippen molar-refractivity contribution in [2.45, 2.75) is 45.4 Å². The van der Waals surface area contributed by atoms with E-state index in [-0.39, 0.29) is 36.4 Å². The van der Waals surface area contributed by atoms with Gasteiger partial charge in [0.25, 0.3) is 0 Å². The standard InChI is InChI=1S/C9H17NO2.ClH/c1-5(2)4-7(10)8(11)9-6(3)12-9;/h5-7,9H,4,10H2,1-3H3;1H/t6-,7?,9?;/m1./s1. The molecule has 0 aromatic heterocycles. The monoisotopic (exact) mass is 207 g/mol. The van der Waals surface area contributed by atoms with Crippen molar-refractivity contribution in [2.75, 3.05) is 0 Å². The zero-order chi connectivity index (χ0) is 9.30. The van der Waals surface area contributed by atoms with E-state index < -0.39 is 0 Å². The Hall–Kier alpha value is -0.120. The van der Waals surface area contributed by atoms with E-state index in [1.54, 1.807) is 0 Å². The van der Waals surface area contributed by atoms with Crippen LogP contribution in [0, 0.1) is 5.92 Å². The van der Waals surface area contributed by atoms with Gasteiger partial charge in [0.1, 0.15) is 6.10 Å². The summed E-state index contributed by atoms with van der Waals surface area (Å²) in [5, 5.41) is 0. The number of hydrogen-bond acceptors (Lipinski definition) is 3. The average Bonchev–Trinajstić information content (AvgIpc) is 2.64. The molecule has 13 heavy (non-hydrogen) atoms. The number of Topliss-reactive ketones (excluding diaryl/α,β-unsaturated/α-hetero) is 1. The van der Waals surface area contributed by atoms with Gasteiger partial charge in [0.15, 0.2) is 5.78 Å². The van der Waals surface area contributed by atoms with Crippen LogP contribution in [0.15, 0.2) is 0 Å². The molecule has 0 saturated carbocycles. The van der Waals surface area contributed by atoms with Gasteiger partial charge < -0.3 is 10.5 Å². The zero-order valence-electron chi connectivity index (χ0n) is 8.32. The molecule has 0 bridgehead atoms. The number of nitrogens with two attached hydrogens (primary N) is 1. The summed E-state index contributed by atoms with van der Waals surface area (Å²) in [7, 11) is 0. The number of ketones is 1. The Morgan fingerprint density at radius 3 is 2.31 bits per heavy atom. The van der Waals surface area contributed by atoms with Crippen molar-refractivity contribution in [3.05, 3.63) is 0 Å². The summed E-state index contributed by atoms with van der Waals surface area (Å²) in [6, 6.07) is -0.333. The number of carbonyl (C=O) groups excluding carboxylic acids is 1. The van der Waals surface area contributed by atoms with Gasteiger partial charge in [-0.05, 0) is 19.3 Å². The van der Waals surface area contributed by atoms with Crippen molar-refractivity contribution in [3.8, 4) is 0 Å². The zero-order valence-corrected chi connectivity index (χ0v) is 9.14. The van der Waals surface area contributed by atoms with Gasteiger partial charge in [0.2, 0.25) is 0 Å². The fraction of sp³-hybridized carbons (Fsp3) is 0.889. The number of rotatable bonds is 4. The van der Waals surface area contributed by atoms with E-state index in [4.69, 9.17) is 10.5 Å². The van der Waals surface area contributed by atoms with Gasteiger partial charge in [-0.2, -0.15) is 0 Å². The molecule has 78 valence electrons. The smallest absolute Gasteiger partial charge is 0.180 e. The molecule has 1 aliphatic heterocycles. The van der Waals surface area contributed by atoms with Crippen molar-refractivity contribution in [3.63, 3.8) is 0 Å². The van der Waals surface area contributed by atoms with E-state index in [9.17, 15) is 4.79 Å². The van der Waals surface area contributed by atoms with Crippen LogP contribution in [-0.4, -0.2) is 24.0 Å². The number of hydrogen-bond donors (Lipinski definition) is 1. The molecule has 1 heterocycles. The topological polar surface area (TPSA) is 55.6 Å². The summed E-state index contributed by atoms with van der Waals surface area (Å²) in [6.07, 6.45) is 0.639. The maximum Gasteiger partial charge on any atom is 0.180 e. The van der Waals surface area contributed by atoms with Crippen molar-refractivity contribution in [1.29, 1.82) is 0 Å². The third-order valence-corrected chi connectivity index (χ3v) is 2.08. The number of carbonyl (C=O) groups is 1. The first-order valence-electron chi connectivity index (χ1n) is 4.47. The Bertz CT molecular complexity index is 184. The van der Waals surface area contributed by atoms with Crippen molar-refractivity contribution in [2.24, 2.45) is 11.7 Å². The Kier molecular flexibility index (Phi) is 4.89. The SMILES string of the molecule is CC(C)CC(N)C(=O)C1O[C@@H]1C.Cl. The van der Waals surface area contributed by atoms with Crippen LogP contribution < -0.4 is 5.73 Å². The number of ether oxygens (including phenoxy) is 1. The maximum atomic E-state index is 11.4. The summed E-state index contributed by atoms with van der Waals surface area (Å²) in [5.41, 5.74) is 5.69. The Morgan fingerprint density at radius 2 is 2.00 bits per heavy atom. The van der Waals surface area contributed by atoms with Gasteiger partial charge >= 0.3 is 0 Å². The minimum absolute atomic E-state index is 0. The predicted octanol–water partition coefficient (Wildman–Crippen LogP) is 1.14. The first-order chi connectivity index (χ1) is 5.52. The fourth-order valence-corrected chi connectivity index (χ4v) is 1.32. The van der Waals surface area contributed by atoms with Crippen LogP contribution in [0.4, 0.5) is 0 Å². The van der Waals surface area contributed by atoms with Gasteiger partial charge in [-0.3, -0.25) is 4.79 Å². The van der Waals surface area contributed by atoms with Crippen LogP contribution in [-0.2, 0) is 9.53 Å². The molecule has 3 atom stereocenters. The fourth-order valence-electron chi connectivity index (χ4n) is 1.32. The van der Waals surface area contributed by atoms with E-state index in [2.05, 4.69) is 13.8 Å². The number of epoxide rings is 1. The van der Waals surface area contributed by atoms with Gasteiger partial charge in [0, 0.05) is 0 Å². The molecule has 0 amide bonds. The molecule has 0 spiro atoms. The molecule has 0 aromatic rings. The van der Waals surface area contributed by atoms with Gasteiger partial charge in [-0.25, -0.2) is 0 Å². The summed E-state index contributed by atoms with van der Waals surface area (Å²) < 4.78 is 5.05. The van der Waals surface area contributed by atoms with Crippen molar-refractivity contribution >= 4 is 18.2 Å². The highest BCUT2D eigenvalue weighted by Gasteiger charge is 2.42. The molecule has 2 N–H and O–H groups in total. The highest BCUT2D eigenvalue weighted by molar-refractivity contribution is 5.90. The summed E-state index contributed by atoms with van der Waals surface area (Å²) in [6.45, 7) is 6.01. The lowest BCUT2D eigenvalue weighted by Crippen LogP contribution is -2.35. The lowest BCUT2D eigenvalue weighted by molar-refractivity contribution is -0.121. The Labute approximate surface area is 85.4 Å². The highest BCUT2D eigenvalue weighted by Crippen LogP contribution is 2.23. The molecule has 0 aromatic carbocycles. The maximum absolute atomic E-state index is 11.4. The Morgan fingerprint density at radius 1 is 1.54 bits per heavy atom. The quantitative estimate of drug-likeness (QED) is 0.704. The molecule has 0 aliphatic carbocycles. The molecular weight excluding hydrogens is 190 g/mol. The van der Waals surface area contributed by atoms with Crippen LogP contribution >= 0.6 is 12.4 Å². The molecular formula is C9H18ClNO2. The molecule has 3 nitrogen and oxygen atoms in total. The normalized spacial score (nSPS) is 28.1. The van der Waals surface area contributed by atoms with Crippen LogP contribution in [0.25, 0.3) is 0 Å². The summed E-state index contributed by atoms with van der Waals surface area (Å²) >= 11 is 0. The summed E-state index contributed by atoms with van der Waals surface area (Å²) in [4.78, 5) is 11.4. The molecule has 1 fully saturated rings. The minimum Gasteiger partial charge on any atom is -0.362 e. The Balaban J connectivity index is 0.00000144. The average molecular weight is 208 g/mol. The molecule has 1 saturated heterocycles. The second-order valence-electron chi connectivity index (χ2n) is 3.90. The van der Waals surface area contributed by atoms with Crippen LogP contribution in [0.2, 0.25) is 0 Å². The van der Waals surface area contributed by atoms with Gasteiger partial charge in [-0.1, -0.05) is 13.8 Å². The first kappa shape index (κ1) is 12.9. The second kappa shape index (κ2) is 4.94. The molecule has 4 heteroatoms.